The third kappa shape index (κ3) is 6.14. The molecule has 7 nitrogen and oxygen atoms in total. The number of carbonyl (C=O) groups is 3. The van der Waals surface area contributed by atoms with Gasteiger partial charge in [-0.3, -0.25) is 19.3 Å². The lowest BCUT2D eigenvalue weighted by atomic mass is 9.81. The lowest BCUT2D eigenvalue weighted by Crippen LogP contribution is -2.57. The fourth-order valence-electron chi connectivity index (χ4n) is 4.91. The van der Waals surface area contributed by atoms with Crippen LogP contribution in [0.3, 0.4) is 0 Å². The number of phenolic OH excluding ortho intramolecular Hbond substituents is 1. The minimum absolute atomic E-state index is 0.0598. The van der Waals surface area contributed by atoms with E-state index in [0.717, 1.165) is 11.1 Å². The van der Waals surface area contributed by atoms with Crippen molar-refractivity contribution in [2.24, 2.45) is 5.41 Å². The second-order valence-electron chi connectivity index (χ2n) is 11.4. The Morgan fingerprint density at radius 1 is 1.06 bits per heavy atom. The number of phenols is 1. The van der Waals surface area contributed by atoms with Gasteiger partial charge in [0.15, 0.2) is 5.78 Å². The van der Waals surface area contributed by atoms with Crippen molar-refractivity contribution in [3.05, 3.63) is 70.9 Å². The van der Waals surface area contributed by atoms with Crippen molar-refractivity contribution in [2.75, 3.05) is 11.4 Å². The summed E-state index contributed by atoms with van der Waals surface area (Å²) in [5.41, 5.74) is 2.01. The van der Waals surface area contributed by atoms with Crippen molar-refractivity contribution in [3.63, 3.8) is 0 Å². The van der Waals surface area contributed by atoms with Gasteiger partial charge in [-0.25, -0.2) is 0 Å². The Bertz CT molecular complexity index is 1210. The fourth-order valence-corrected chi connectivity index (χ4v) is 4.91. The Morgan fingerprint density at radius 2 is 1.72 bits per heavy atom. The Kier molecular flexibility index (Phi) is 7.62. The minimum Gasteiger partial charge on any atom is -0.507 e. The van der Waals surface area contributed by atoms with Crippen LogP contribution in [0.25, 0.3) is 0 Å². The zero-order chi connectivity index (χ0) is 26.8. The van der Waals surface area contributed by atoms with Gasteiger partial charge in [0.2, 0.25) is 11.8 Å². The van der Waals surface area contributed by atoms with Crippen molar-refractivity contribution >= 4 is 23.3 Å². The molecule has 36 heavy (non-hydrogen) atoms. The number of nitrogens with zero attached hydrogens (tertiary/aromatic N) is 1. The first-order chi connectivity index (χ1) is 16.7. The van der Waals surface area contributed by atoms with Crippen LogP contribution >= 0.6 is 0 Å². The SMILES string of the molecule is Cc1ccc(N2C(=O)CNC=C(C(=O)c3ccccc3O)C2C(=O)NC(C)(C)CC(C)(C)C)cc1C. The molecule has 0 fully saturated rings. The monoisotopic (exact) mass is 491 g/mol. The van der Waals surface area contributed by atoms with E-state index in [4.69, 9.17) is 0 Å². The summed E-state index contributed by atoms with van der Waals surface area (Å²) in [6, 6.07) is 10.5. The average Bonchev–Trinajstić information content (AvgIpc) is 2.92. The molecule has 1 atom stereocenters. The van der Waals surface area contributed by atoms with Crippen LogP contribution in [0.5, 0.6) is 5.75 Å². The molecule has 3 rings (SSSR count). The summed E-state index contributed by atoms with van der Waals surface area (Å²) in [6.45, 7) is 14.0. The highest BCUT2D eigenvalue weighted by Crippen LogP contribution is 2.31. The maximum atomic E-state index is 14.0. The number of aryl methyl sites for hydroxylation is 2. The standard InChI is InChI=1S/C29H37N3O4/c1-18-12-13-20(14-19(18)2)32-24(34)16-30-15-22(26(35)21-10-8-9-11-23(21)33)25(32)27(36)31-29(6,7)17-28(3,4)5/h8-15,25,30,33H,16-17H2,1-7H3,(H,31,36). The number of ketones is 1. The molecule has 3 N–H and O–H groups in total. The maximum absolute atomic E-state index is 14.0. The molecule has 1 aliphatic heterocycles. The Labute approximate surface area is 213 Å². The number of nitrogens with one attached hydrogen (secondary N) is 2. The van der Waals surface area contributed by atoms with E-state index in [0.29, 0.717) is 12.1 Å². The summed E-state index contributed by atoms with van der Waals surface area (Å²) in [7, 11) is 0. The van der Waals surface area contributed by atoms with Crippen LogP contribution in [0, 0.1) is 19.3 Å². The summed E-state index contributed by atoms with van der Waals surface area (Å²) in [5, 5.41) is 16.4. The molecule has 0 aromatic heterocycles. The molecule has 1 heterocycles. The number of Topliss-reactive ketones (excluding diaryl/α,β-unsaturated/α-hetero) is 1. The molecule has 0 bridgehead atoms. The van der Waals surface area contributed by atoms with Crippen LogP contribution in [0.1, 0.15) is 62.5 Å². The van der Waals surface area contributed by atoms with E-state index >= 15 is 0 Å². The highest BCUT2D eigenvalue weighted by molar-refractivity contribution is 6.17. The molecule has 0 saturated heterocycles. The number of aromatic hydroxyl groups is 1. The van der Waals surface area contributed by atoms with Gasteiger partial charge in [-0.1, -0.05) is 39.0 Å². The van der Waals surface area contributed by atoms with Gasteiger partial charge in [-0.15, -0.1) is 0 Å². The third-order valence-corrected chi connectivity index (χ3v) is 6.19. The predicted octanol–water partition coefficient (Wildman–Crippen LogP) is 4.41. The summed E-state index contributed by atoms with van der Waals surface area (Å²) in [4.78, 5) is 42.4. The van der Waals surface area contributed by atoms with Gasteiger partial charge in [0, 0.05) is 23.0 Å². The predicted molar refractivity (Wildman–Crippen MR) is 142 cm³/mol. The number of hydrogen-bond acceptors (Lipinski definition) is 5. The highest BCUT2D eigenvalue weighted by Gasteiger charge is 2.41. The number of para-hydroxylation sites is 1. The minimum atomic E-state index is -1.24. The van der Waals surface area contributed by atoms with Crippen LogP contribution in [0.15, 0.2) is 54.2 Å². The van der Waals surface area contributed by atoms with E-state index in [1.54, 1.807) is 18.2 Å². The second-order valence-corrected chi connectivity index (χ2v) is 11.4. The molecule has 0 radical (unpaired) electrons. The van der Waals surface area contributed by atoms with Gasteiger partial charge in [0.05, 0.1) is 12.1 Å². The van der Waals surface area contributed by atoms with Gasteiger partial charge in [-0.05, 0) is 74.9 Å². The number of amides is 2. The van der Waals surface area contributed by atoms with E-state index in [1.165, 1.54) is 23.2 Å². The van der Waals surface area contributed by atoms with Crippen molar-refractivity contribution in [3.8, 4) is 5.75 Å². The number of anilines is 1. The van der Waals surface area contributed by atoms with Crippen LogP contribution < -0.4 is 15.5 Å². The summed E-state index contributed by atoms with van der Waals surface area (Å²) >= 11 is 0. The zero-order valence-electron chi connectivity index (χ0n) is 22.2. The molecular formula is C29H37N3O4. The quantitative estimate of drug-likeness (QED) is 0.520. The maximum Gasteiger partial charge on any atom is 0.248 e. The Hall–Kier alpha value is -3.61. The van der Waals surface area contributed by atoms with Gasteiger partial charge in [0.25, 0.3) is 0 Å². The number of benzene rings is 2. The molecule has 2 aromatic rings. The molecular weight excluding hydrogens is 454 g/mol. The van der Waals surface area contributed by atoms with E-state index in [2.05, 4.69) is 31.4 Å². The molecule has 0 spiro atoms. The van der Waals surface area contributed by atoms with E-state index in [1.807, 2.05) is 39.8 Å². The van der Waals surface area contributed by atoms with Crippen LogP contribution in [0.2, 0.25) is 0 Å². The molecule has 0 saturated carbocycles. The van der Waals surface area contributed by atoms with Crippen molar-refractivity contribution in [1.82, 2.24) is 10.6 Å². The molecule has 7 heteroatoms. The fraction of sp³-hybridized carbons (Fsp3) is 0.414. The second kappa shape index (κ2) is 10.2. The lowest BCUT2D eigenvalue weighted by Gasteiger charge is -2.37. The Morgan fingerprint density at radius 3 is 2.33 bits per heavy atom. The van der Waals surface area contributed by atoms with Crippen LogP contribution in [-0.4, -0.2) is 40.8 Å². The summed E-state index contributed by atoms with van der Waals surface area (Å²) < 4.78 is 0. The van der Waals surface area contributed by atoms with Crippen LogP contribution in [-0.2, 0) is 9.59 Å². The molecule has 2 aromatic carbocycles. The van der Waals surface area contributed by atoms with Gasteiger partial charge in [0.1, 0.15) is 11.8 Å². The van der Waals surface area contributed by atoms with E-state index in [9.17, 15) is 19.5 Å². The molecule has 1 unspecified atom stereocenters. The first-order valence-electron chi connectivity index (χ1n) is 12.2. The Balaban J connectivity index is 2.15. The molecule has 192 valence electrons. The van der Waals surface area contributed by atoms with Gasteiger partial charge < -0.3 is 15.7 Å². The number of hydrogen-bond donors (Lipinski definition) is 3. The topological polar surface area (TPSA) is 98.7 Å². The first-order valence-corrected chi connectivity index (χ1v) is 12.2. The molecule has 1 aliphatic rings. The third-order valence-electron chi connectivity index (χ3n) is 6.19. The largest absolute Gasteiger partial charge is 0.507 e. The van der Waals surface area contributed by atoms with E-state index in [-0.39, 0.29) is 34.8 Å². The average molecular weight is 492 g/mol. The van der Waals surface area contributed by atoms with Gasteiger partial charge >= 0.3 is 0 Å². The first kappa shape index (κ1) is 27.0. The number of carbonyl (C=O) groups excluding carboxylic acids is 3. The normalized spacial score (nSPS) is 16.6. The zero-order valence-corrected chi connectivity index (χ0v) is 22.2. The highest BCUT2D eigenvalue weighted by atomic mass is 16.3. The van der Waals surface area contributed by atoms with Gasteiger partial charge in [-0.2, -0.15) is 0 Å². The number of rotatable bonds is 6. The summed E-state index contributed by atoms with van der Waals surface area (Å²) in [5.74, 6) is -1.53. The summed E-state index contributed by atoms with van der Waals surface area (Å²) in [6.07, 6.45) is 2.11. The van der Waals surface area contributed by atoms with Crippen molar-refractivity contribution < 1.29 is 19.5 Å². The van der Waals surface area contributed by atoms with E-state index < -0.39 is 23.3 Å². The van der Waals surface area contributed by atoms with Crippen molar-refractivity contribution in [1.29, 1.82) is 0 Å². The van der Waals surface area contributed by atoms with Crippen molar-refractivity contribution in [2.45, 2.75) is 66.5 Å². The van der Waals surface area contributed by atoms with Crippen LogP contribution in [0.4, 0.5) is 5.69 Å². The molecule has 0 aliphatic carbocycles. The lowest BCUT2D eigenvalue weighted by molar-refractivity contribution is -0.126. The smallest absolute Gasteiger partial charge is 0.248 e. The molecule has 2 amide bonds.